The van der Waals surface area contributed by atoms with Crippen molar-refractivity contribution in [3.05, 3.63) is 29.8 Å². The van der Waals surface area contributed by atoms with Gasteiger partial charge in [-0.3, -0.25) is 0 Å². The number of benzene rings is 1. The molecule has 0 saturated carbocycles. The Labute approximate surface area is 121 Å². The molecule has 1 aliphatic heterocycles. The van der Waals surface area contributed by atoms with Crippen molar-refractivity contribution in [2.45, 2.75) is 39.2 Å². The highest BCUT2D eigenvalue weighted by Gasteiger charge is 2.20. The average Bonchev–Trinajstić information content (AvgIpc) is 2.73. The summed E-state index contributed by atoms with van der Waals surface area (Å²) in [7, 11) is 0. The van der Waals surface area contributed by atoms with Gasteiger partial charge in [0.25, 0.3) is 0 Å². The predicted molar refractivity (Wildman–Crippen MR) is 82.4 cm³/mol. The summed E-state index contributed by atoms with van der Waals surface area (Å²) in [6.07, 6.45) is 4.74. The summed E-state index contributed by atoms with van der Waals surface area (Å²) in [6, 6.07) is 7.94. The molecule has 2 N–H and O–H groups in total. The fourth-order valence-electron chi connectivity index (χ4n) is 2.69. The van der Waals surface area contributed by atoms with Crippen LogP contribution < -0.4 is 5.73 Å². The molecule has 0 radical (unpaired) electrons. The highest BCUT2D eigenvalue weighted by Crippen LogP contribution is 2.14. The van der Waals surface area contributed by atoms with Crippen LogP contribution >= 0.6 is 0 Å². The van der Waals surface area contributed by atoms with Gasteiger partial charge in [-0.05, 0) is 37.5 Å². The van der Waals surface area contributed by atoms with Gasteiger partial charge in [0.15, 0.2) is 0 Å². The van der Waals surface area contributed by atoms with Crippen LogP contribution in [0.15, 0.2) is 24.3 Å². The fourth-order valence-corrected chi connectivity index (χ4v) is 2.69. The molecule has 1 saturated heterocycles. The summed E-state index contributed by atoms with van der Waals surface area (Å²) in [5.41, 5.74) is 7.64. The van der Waals surface area contributed by atoms with E-state index in [1.165, 1.54) is 12.8 Å². The number of nitrogens with two attached hydrogens (primary N) is 1. The van der Waals surface area contributed by atoms with Gasteiger partial charge in [0.05, 0.1) is 0 Å². The van der Waals surface area contributed by atoms with Crippen LogP contribution in [0.5, 0.6) is 0 Å². The molecule has 1 aromatic carbocycles. The van der Waals surface area contributed by atoms with Crippen LogP contribution in [0, 0.1) is 0 Å². The van der Waals surface area contributed by atoms with Crippen molar-refractivity contribution in [3.63, 3.8) is 0 Å². The molecule has 0 atom stereocenters. The third-order valence-electron chi connectivity index (χ3n) is 3.85. The van der Waals surface area contributed by atoms with Crippen molar-refractivity contribution in [1.82, 2.24) is 9.80 Å². The maximum Gasteiger partial charge on any atom is 0.320 e. The Balaban J connectivity index is 2.01. The summed E-state index contributed by atoms with van der Waals surface area (Å²) in [5, 5.41) is 0. The number of nitrogens with zero attached hydrogens (tertiary/aromatic N) is 2. The van der Waals surface area contributed by atoms with E-state index < -0.39 is 0 Å². The predicted octanol–water partition coefficient (Wildman–Crippen LogP) is 3.09. The Morgan fingerprint density at radius 2 is 1.95 bits per heavy atom. The maximum atomic E-state index is 12.6. The zero-order chi connectivity index (χ0) is 14.4. The molecule has 1 aromatic rings. The largest absolute Gasteiger partial charge is 0.399 e. The van der Waals surface area contributed by atoms with Gasteiger partial charge in [0.2, 0.25) is 0 Å². The smallest absolute Gasteiger partial charge is 0.320 e. The summed E-state index contributed by atoms with van der Waals surface area (Å²) in [4.78, 5) is 16.5. The first-order valence-corrected chi connectivity index (χ1v) is 7.59. The van der Waals surface area contributed by atoms with Crippen molar-refractivity contribution in [3.8, 4) is 0 Å². The van der Waals surface area contributed by atoms with Crippen molar-refractivity contribution in [2.24, 2.45) is 0 Å². The lowest BCUT2D eigenvalue weighted by Gasteiger charge is -2.29. The van der Waals surface area contributed by atoms with Crippen LogP contribution in [-0.2, 0) is 6.54 Å². The number of urea groups is 1. The molecule has 1 fully saturated rings. The standard InChI is InChI=1S/C16H25N3O/c1-2-18(13-14-8-7-9-15(17)12-14)16(20)19-10-5-3-4-6-11-19/h7-9,12H,2-6,10-11,13,17H2,1H3. The van der Waals surface area contributed by atoms with Gasteiger partial charge >= 0.3 is 6.03 Å². The molecule has 0 bridgehead atoms. The number of hydrogen-bond donors (Lipinski definition) is 1. The lowest BCUT2D eigenvalue weighted by Crippen LogP contribution is -2.43. The number of amides is 2. The van der Waals surface area contributed by atoms with Crippen LogP contribution in [0.25, 0.3) is 0 Å². The topological polar surface area (TPSA) is 49.6 Å². The molecule has 0 spiro atoms. The summed E-state index contributed by atoms with van der Waals surface area (Å²) >= 11 is 0. The molecule has 0 aliphatic carbocycles. The molecule has 4 nitrogen and oxygen atoms in total. The van der Waals surface area contributed by atoms with E-state index in [0.29, 0.717) is 6.54 Å². The molecule has 1 heterocycles. The van der Waals surface area contributed by atoms with E-state index >= 15 is 0 Å². The third kappa shape index (κ3) is 3.89. The number of anilines is 1. The van der Waals surface area contributed by atoms with Crippen molar-refractivity contribution < 1.29 is 4.79 Å². The minimum Gasteiger partial charge on any atom is -0.399 e. The second-order valence-corrected chi connectivity index (χ2v) is 5.44. The number of carbonyl (C=O) groups excluding carboxylic acids is 1. The highest BCUT2D eigenvalue weighted by molar-refractivity contribution is 5.74. The van der Waals surface area contributed by atoms with E-state index in [4.69, 9.17) is 5.73 Å². The van der Waals surface area contributed by atoms with Crippen LogP contribution in [0.4, 0.5) is 10.5 Å². The number of hydrogen-bond acceptors (Lipinski definition) is 2. The second kappa shape index (κ2) is 7.17. The van der Waals surface area contributed by atoms with E-state index in [1.54, 1.807) is 0 Å². The Morgan fingerprint density at radius 1 is 1.25 bits per heavy atom. The molecule has 1 aliphatic rings. The monoisotopic (exact) mass is 275 g/mol. The summed E-state index contributed by atoms with van der Waals surface area (Å²) < 4.78 is 0. The van der Waals surface area contributed by atoms with Crippen LogP contribution in [0.2, 0.25) is 0 Å². The van der Waals surface area contributed by atoms with Gasteiger partial charge in [-0.25, -0.2) is 4.79 Å². The van der Waals surface area contributed by atoms with E-state index in [-0.39, 0.29) is 6.03 Å². The lowest BCUT2D eigenvalue weighted by molar-refractivity contribution is 0.154. The molecular formula is C16H25N3O. The number of rotatable bonds is 3. The molecule has 0 unspecified atom stereocenters. The molecule has 110 valence electrons. The Kier molecular flexibility index (Phi) is 5.27. The van der Waals surface area contributed by atoms with Gasteiger partial charge in [-0.2, -0.15) is 0 Å². The Bertz CT molecular complexity index is 439. The zero-order valence-electron chi connectivity index (χ0n) is 12.3. The average molecular weight is 275 g/mol. The van der Waals surface area contributed by atoms with Gasteiger partial charge in [0.1, 0.15) is 0 Å². The van der Waals surface area contributed by atoms with E-state index in [1.807, 2.05) is 41.0 Å². The third-order valence-corrected chi connectivity index (χ3v) is 3.85. The molecular weight excluding hydrogens is 250 g/mol. The normalized spacial score (nSPS) is 15.8. The Hall–Kier alpha value is -1.71. The van der Waals surface area contributed by atoms with Gasteiger partial charge in [-0.15, -0.1) is 0 Å². The molecule has 20 heavy (non-hydrogen) atoms. The number of nitrogen functional groups attached to an aromatic ring is 1. The van der Waals surface area contributed by atoms with Crippen molar-refractivity contribution in [1.29, 1.82) is 0 Å². The van der Waals surface area contributed by atoms with Gasteiger partial charge in [0, 0.05) is 31.9 Å². The van der Waals surface area contributed by atoms with Crippen molar-refractivity contribution >= 4 is 11.7 Å². The second-order valence-electron chi connectivity index (χ2n) is 5.44. The first kappa shape index (κ1) is 14.7. The first-order valence-electron chi connectivity index (χ1n) is 7.59. The highest BCUT2D eigenvalue weighted by atomic mass is 16.2. The van der Waals surface area contributed by atoms with Crippen molar-refractivity contribution in [2.75, 3.05) is 25.4 Å². The lowest BCUT2D eigenvalue weighted by atomic mass is 10.2. The number of carbonyl (C=O) groups is 1. The molecule has 2 rings (SSSR count). The summed E-state index contributed by atoms with van der Waals surface area (Å²) in [6.45, 7) is 5.18. The van der Waals surface area contributed by atoms with E-state index in [9.17, 15) is 4.79 Å². The molecule has 4 heteroatoms. The first-order chi connectivity index (χ1) is 9.70. The molecule has 0 aromatic heterocycles. The van der Waals surface area contributed by atoms with Gasteiger partial charge < -0.3 is 15.5 Å². The Morgan fingerprint density at radius 3 is 2.55 bits per heavy atom. The minimum atomic E-state index is 0.164. The van der Waals surface area contributed by atoms with E-state index in [2.05, 4.69) is 0 Å². The minimum absolute atomic E-state index is 0.164. The SMILES string of the molecule is CCN(Cc1cccc(N)c1)C(=O)N1CCCCCC1. The van der Waals surface area contributed by atoms with Crippen LogP contribution in [0.3, 0.4) is 0 Å². The van der Waals surface area contributed by atoms with Crippen LogP contribution in [-0.4, -0.2) is 35.5 Å². The van der Waals surface area contributed by atoms with Gasteiger partial charge in [-0.1, -0.05) is 25.0 Å². The van der Waals surface area contributed by atoms with Crippen LogP contribution in [0.1, 0.15) is 38.2 Å². The maximum absolute atomic E-state index is 12.6. The number of likely N-dealkylation sites (tertiary alicyclic amines) is 1. The summed E-state index contributed by atoms with van der Waals surface area (Å²) in [5.74, 6) is 0. The fraction of sp³-hybridized carbons (Fsp3) is 0.562. The zero-order valence-corrected chi connectivity index (χ0v) is 12.3. The van der Waals surface area contributed by atoms with E-state index in [0.717, 1.165) is 43.7 Å². The quantitative estimate of drug-likeness (QED) is 0.862. The molecule has 2 amide bonds.